The number of rotatable bonds is 2. The fraction of sp³-hybridized carbons (Fsp3) is 0.286. The molecule has 1 heterocycles. The van der Waals surface area contributed by atoms with Crippen LogP contribution in [0.25, 0.3) is 0 Å². The number of carbonyl (C=O) groups is 3. The van der Waals surface area contributed by atoms with Crippen LogP contribution in [0.1, 0.15) is 12.8 Å². The van der Waals surface area contributed by atoms with E-state index in [1.54, 1.807) is 0 Å². The molecular formula is C7H7NO4. The van der Waals surface area contributed by atoms with Gasteiger partial charge in [-0.3, -0.25) is 14.5 Å². The predicted octanol–water partition coefficient (Wildman–Crippen LogP) is -0.266. The Morgan fingerprint density at radius 2 is 1.83 bits per heavy atom. The molecular weight excluding hydrogens is 162 g/mol. The highest BCUT2D eigenvalue weighted by Crippen LogP contribution is 2.11. The first-order chi connectivity index (χ1) is 5.61. The molecule has 0 aromatic heterocycles. The minimum Gasteiger partial charge on any atom is -0.478 e. The van der Waals surface area contributed by atoms with Crippen molar-refractivity contribution < 1.29 is 19.5 Å². The molecule has 1 aliphatic heterocycles. The van der Waals surface area contributed by atoms with Crippen LogP contribution in [0, 0.1) is 0 Å². The normalized spacial score (nSPS) is 17.8. The van der Waals surface area contributed by atoms with Gasteiger partial charge >= 0.3 is 5.97 Å². The summed E-state index contributed by atoms with van der Waals surface area (Å²) in [6.07, 6.45) is 2.09. The number of hydrogen-bond donors (Lipinski definition) is 1. The van der Waals surface area contributed by atoms with Gasteiger partial charge in [0.25, 0.3) is 0 Å². The first-order valence-electron chi connectivity index (χ1n) is 3.37. The van der Waals surface area contributed by atoms with Gasteiger partial charge in [-0.1, -0.05) is 0 Å². The summed E-state index contributed by atoms with van der Waals surface area (Å²) in [5, 5.41) is 8.21. The molecule has 1 aliphatic rings. The molecule has 1 N–H and O–H groups in total. The molecule has 0 radical (unpaired) electrons. The predicted molar refractivity (Wildman–Crippen MR) is 37.9 cm³/mol. The SMILES string of the molecule is O=C(O)C=CN1C(=O)CCC1=O. The molecule has 0 aliphatic carbocycles. The number of hydrogen-bond acceptors (Lipinski definition) is 3. The number of likely N-dealkylation sites (tertiary alicyclic amines) is 1. The van der Waals surface area contributed by atoms with Crippen molar-refractivity contribution in [2.45, 2.75) is 12.8 Å². The number of aliphatic carboxylic acids is 1. The topological polar surface area (TPSA) is 74.7 Å². The summed E-state index contributed by atoms with van der Waals surface area (Å²) in [5.41, 5.74) is 0. The lowest BCUT2D eigenvalue weighted by atomic mass is 10.4. The van der Waals surface area contributed by atoms with E-state index in [-0.39, 0.29) is 24.7 Å². The molecule has 5 heteroatoms. The van der Waals surface area contributed by atoms with Gasteiger partial charge in [0.1, 0.15) is 0 Å². The Morgan fingerprint density at radius 1 is 1.33 bits per heavy atom. The molecule has 12 heavy (non-hydrogen) atoms. The number of carbonyl (C=O) groups excluding carboxylic acids is 2. The van der Waals surface area contributed by atoms with Gasteiger partial charge < -0.3 is 5.11 Å². The lowest BCUT2D eigenvalue weighted by molar-refractivity contribution is -0.135. The summed E-state index contributed by atoms with van der Waals surface area (Å²) < 4.78 is 0. The number of carboxylic acids is 1. The van der Waals surface area contributed by atoms with Crippen LogP contribution in [-0.2, 0) is 14.4 Å². The summed E-state index contributed by atoms with van der Waals surface area (Å²) >= 11 is 0. The van der Waals surface area contributed by atoms with Crippen molar-refractivity contribution in [3.05, 3.63) is 12.3 Å². The lowest BCUT2D eigenvalue weighted by Gasteiger charge is -2.04. The maximum Gasteiger partial charge on any atom is 0.329 e. The van der Waals surface area contributed by atoms with Crippen LogP contribution in [0.5, 0.6) is 0 Å². The van der Waals surface area contributed by atoms with Gasteiger partial charge in [-0.25, -0.2) is 4.79 Å². The monoisotopic (exact) mass is 169 g/mol. The molecule has 2 amide bonds. The number of imide groups is 1. The van der Waals surface area contributed by atoms with Crippen molar-refractivity contribution in [2.75, 3.05) is 0 Å². The average molecular weight is 169 g/mol. The molecule has 1 fully saturated rings. The summed E-state index contributed by atoms with van der Waals surface area (Å²) in [6, 6.07) is 0. The minimum absolute atomic E-state index is 0.169. The van der Waals surface area contributed by atoms with Crippen LogP contribution in [0.2, 0.25) is 0 Å². The molecule has 0 aromatic carbocycles. The Bertz CT molecular complexity index is 253. The van der Waals surface area contributed by atoms with Gasteiger partial charge in [0, 0.05) is 25.1 Å². The molecule has 0 saturated carbocycles. The van der Waals surface area contributed by atoms with Crippen molar-refractivity contribution in [3.63, 3.8) is 0 Å². The van der Waals surface area contributed by atoms with Crippen molar-refractivity contribution in [1.82, 2.24) is 4.90 Å². The first kappa shape index (κ1) is 8.45. The van der Waals surface area contributed by atoms with Gasteiger partial charge in [0.05, 0.1) is 0 Å². The Labute approximate surface area is 68.3 Å². The maximum absolute atomic E-state index is 10.9. The fourth-order valence-corrected chi connectivity index (χ4v) is 0.898. The Balaban J connectivity index is 2.68. The largest absolute Gasteiger partial charge is 0.478 e. The second kappa shape index (κ2) is 3.17. The van der Waals surface area contributed by atoms with Crippen LogP contribution < -0.4 is 0 Å². The van der Waals surface area contributed by atoms with Crippen molar-refractivity contribution in [2.24, 2.45) is 0 Å². The third kappa shape index (κ3) is 1.69. The molecule has 1 rings (SSSR count). The molecule has 1 saturated heterocycles. The van der Waals surface area contributed by atoms with E-state index in [0.717, 1.165) is 17.2 Å². The van der Waals surface area contributed by atoms with E-state index in [1.807, 2.05) is 0 Å². The van der Waals surface area contributed by atoms with Gasteiger partial charge in [-0.05, 0) is 0 Å². The van der Waals surface area contributed by atoms with Crippen molar-refractivity contribution in [3.8, 4) is 0 Å². The van der Waals surface area contributed by atoms with Gasteiger partial charge in [-0.15, -0.1) is 0 Å². The summed E-state index contributed by atoms with van der Waals surface area (Å²) in [6.45, 7) is 0. The first-order valence-corrected chi connectivity index (χ1v) is 3.37. The van der Waals surface area contributed by atoms with E-state index < -0.39 is 5.97 Å². The highest BCUT2D eigenvalue weighted by molar-refractivity contribution is 6.03. The van der Waals surface area contributed by atoms with Crippen LogP contribution in [0.15, 0.2) is 12.3 Å². The van der Waals surface area contributed by atoms with Crippen LogP contribution in [-0.4, -0.2) is 27.8 Å². The molecule has 5 nitrogen and oxygen atoms in total. The van der Waals surface area contributed by atoms with Crippen LogP contribution in [0.3, 0.4) is 0 Å². The standard InChI is InChI=1S/C7H7NO4/c9-5-1-2-6(10)8(5)4-3-7(11)12/h3-4H,1-2H2,(H,11,12). The zero-order chi connectivity index (χ0) is 9.14. The third-order valence-corrected chi connectivity index (χ3v) is 1.46. The fourth-order valence-electron chi connectivity index (χ4n) is 0.898. The van der Waals surface area contributed by atoms with Crippen molar-refractivity contribution in [1.29, 1.82) is 0 Å². The lowest BCUT2D eigenvalue weighted by Crippen LogP contribution is -2.22. The molecule has 64 valence electrons. The molecule has 0 bridgehead atoms. The molecule has 0 unspecified atom stereocenters. The zero-order valence-electron chi connectivity index (χ0n) is 6.19. The number of amides is 2. The minimum atomic E-state index is -1.18. The summed E-state index contributed by atoms with van der Waals surface area (Å²) in [7, 11) is 0. The van der Waals surface area contributed by atoms with Crippen molar-refractivity contribution >= 4 is 17.8 Å². The van der Waals surface area contributed by atoms with Gasteiger partial charge in [0.2, 0.25) is 11.8 Å². The van der Waals surface area contributed by atoms with Crippen LogP contribution >= 0.6 is 0 Å². The van der Waals surface area contributed by atoms with E-state index in [0.29, 0.717) is 0 Å². The van der Waals surface area contributed by atoms with Gasteiger partial charge in [-0.2, -0.15) is 0 Å². The second-order valence-corrected chi connectivity index (χ2v) is 2.31. The third-order valence-electron chi connectivity index (χ3n) is 1.46. The van der Waals surface area contributed by atoms with E-state index >= 15 is 0 Å². The quantitative estimate of drug-likeness (QED) is 0.456. The average Bonchev–Trinajstić information content (AvgIpc) is 2.28. The summed E-state index contributed by atoms with van der Waals surface area (Å²) in [5.74, 6) is -1.88. The van der Waals surface area contributed by atoms with E-state index in [4.69, 9.17) is 5.11 Å². The Kier molecular flexibility index (Phi) is 2.23. The van der Waals surface area contributed by atoms with Crippen LogP contribution in [0.4, 0.5) is 0 Å². The maximum atomic E-state index is 10.9. The van der Waals surface area contributed by atoms with E-state index in [9.17, 15) is 14.4 Å². The van der Waals surface area contributed by atoms with E-state index in [2.05, 4.69) is 0 Å². The number of nitrogens with zero attached hydrogens (tertiary/aromatic N) is 1. The molecule has 0 spiro atoms. The number of carboxylic acid groups (broad SMARTS) is 1. The zero-order valence-corrected chi connectivity index (χ0v) is 6.19. The van der Waals surface area contributed by atoms with Gasteiger partial charge in [0.15, 0.2) is 0 Å². The molecule has 0 aromatic rings. The second-order valence-electron chi connectivity index (χ2n) is 2.31. The highest BCUT2D eigenvalue weighted by atomic mass is 16.4. The Hall–Kier alpha value is -1.65. The molecule has 0 atom stereocenters. The summed E-state index contributed by atoms with van der Waals surface area (Å²) in [4.78, 5) is 32.6. The smallest absolute Gasteiger partial charge is 0.329 e. The Morgan fingerprint density at radius 3 is 2.25 bits per heavy atom. The highest BCUT2D eigenvalue weighted by Gasteiger charge is 2.26. The van der Waals surface area contributed by atoms with E-state index in [1.165, 1.54) is 0 Å².